The summed E-state index contributed by atoms with van der Waals surface area (Å²) in [5.74, 6) is 1.06. The van der Waals surface area contributed by atoms with E-state index in [1.54, 1.807) is 18.2 Å². The molecule has 1 aromatic carbocycles. The summed E-state index contributed by atoms with van der Waals surface area (Å²) in [6.07, 6.45) is 0. The second-order valence-electron chi connectivity index (χ2n) is 4.59. The maximum absolute atomic E-state index is 12.0. The number of hydrogen-bond acceptors (Lipinski definition) is 2. The van der Waals surface area contributed by atoms with Crippen LogP contribution in [-0.2, 0) is 0 Å². The highest BCUT2D eigenvalue weighted by Crippen LogP contribution is 2.41. The molecule has 1 aliphatic carbocycles. The van der Waals surface area contributed by atoms with Crippen LogP contribution in [0.5, 0.6) is 0 Å². The minimum atomic E-state index is -0.128. The molecule has 2 aliphatic rings. The molecule has 98 valence electrons. The lowest BCUT2D eigenvalue weighted by Gasteiger charge is -2.09. The topological polar surface area (TPSA) is 41.1 Å². The van der Waals surface area contributed by atoms with Gasteiger partial charge in [0.1, 0.15) is 0 Å². The molecule has 0 spiro atoms. The van der Waals surface area contributed by atoms with Crippen molar-refractivity contribution in [2.45, 2.75) is 6.04 Å². The van der Waals surface area contributed by atoms with Crippen molar-refractivity contribution < 1.29 is 4.79 Å². The summed E-state index contributed by atoms with van der Waals surface area (Å²) in [5.41, 5.74) is 0.456. The van der Waals surface area contributed by atoms with E-state index in [2.05, 4.69) is 10.6 Å². The average Bonchev–Trinajstić information content (AvgIpc) is 2.76. The first-order chi connectivity index (χ1) is 8.18. The number of amides is 1. The molecule has 2 unspecified atom stereocenters. The van der Waals surface area contributed by atoms with E-state index in [1.807, 2.05) is 0 Å². The van der Waals surface area contributed by atoms with E-state index in [0.29, 0.717) is 33.5 Å². The summed E-state index contributed by atoms with van der Waals surface area (Å²) >= 11 is 11.9. The fourth-order valence-electron chi connectivity index (χ4n) is 2.54. The van der Waals surface area contributed by atoms with E-state index in [-0.39, 0.29) is 18.3 Å². The second kappa shape index (κ2) is 5.25. The Labute approximate surface area is 122 Å². The van der Waals surface area contributed by atoms with Crippen molar-refractivity contribution in [3.05, 3.63) is 33.8 Å². The van der Waals surface area contributed by atoms with Gasteiger partial charge in [-0.1, -0.05) is 29.3 Å². The zero-order valence-corrected chi connectivity index (χ0v) is 11.8. The molecule has 2 fully saturated rings. The van der Waals surface area contributed by atoms with Crippen molar-refractivity contribution in [1.29, 1.82) is 0 Å². The SMILES string of the molecule is Cl.O=C(NC1C2CNCC21)c1cccc(Cl)c1Cl. The van der Waals surface area contributed by atoms with Crippen LogP contribution in [0.15, 0.2) is 18.2 Å². The first kappa shape index (κ1) is 13.9. The van der Waals surface area contributed by atoms with E-state index in [0.717, 1.165) is 13.1 Å². The molecule has 2 N–H and O–H groups in total. The standard InChI is InChI=1S/C12H12Cl2N2O.ClH/c13-9-3-1-2-6(10(9)14)12(17)16-11-7-4-15-5-8(7)11;/h1-3,7-8,11,15H,4-5H2,(H,16,17);1H. The van der Waals surface area contributed by atoms with Gasteiger partial charge in [-0.2, -0.15) is 0 Å². The van der Waals surface area contributed by atoms with Crippen LogP contribution >= 0.6 is 35.6 Å². The number of fused-ring (bicyclic) bond motifs is 1. The lowest BCUT2D eigenvalue weighted by atomic mass is 10.2. The normalized spacial score (nSPS) is 28.2. The molecule has 3 nitrogen and oxygen atoms in total. The smallest absolute Gasteiger partial charge is 0.253 e. The highest BCUT2D eigenvalue weighted by Gasteiger charge is 2.53. The molecule has 1 saturated heterocycles. The van der Waals surface area contributed by atoms with Crippen LogP contribution in [0, 0.1) is 11.8 Å². The van der Waals surface area contributed by atoms with Crippen LogP contribution in [0.1, 0.15) is 10.4 Å². The Morgan fingerprint density at radius 1 is 1.28 bits per heavy atom. The van der Waals surface area contributed by atoms with E-state index < -0.39 is 0 Å². The molecule has 0 bridgehead atoms. The monoisotopic (exact) mass is 306 g/mol. The molecule has 0 radical (unpaired) electrons. The van der Waals surface area contributed by atoms with Gasteiger partial charge in [-0.15, -0.1) is 12.4 Å². The molecule has 1 heterocycles. The van der Waals surface area contributed by atoms with E-state index in [1.165, 1.54) is 0 Å². The molecule has 0 aromatic heterocycles. The summed E-state index contributed by atoms with van der Waals surface area (Å²) in [4.78, 5) is 12.0. The van der Waals surface area contributed by atoms with Crippen LogP contribution in [0.25, 0.3) is 0 Å². The zero-order chi connectivity index (χ0) is 12.0. The number of nitrogens with one attached hydrogen (secondary N) is 2. The first-order valence-corrected chi connectivity index (χ1v) is 6.39. The Morgan fingerprint density at radius 2 is 1.94 bits per heavy atom. The van der Waals surface area contributed by atoms with E-state index in [9.17, 15) is 4.79 Å². The van der Waals surface area contributed by atoms with Gasteiger partial charge in [0, 0.05) is 19.1 Å². The quantitative estimate of drug-likeness (QED) is 0.881. The lowest BCUT2D eigenvalue weighted by Crippen LogP contribution is -2.32. The molecular formula is C12H13Cl3N2O. The first-order valence-electron chi connectivity index (χ1n) is 5.64. The van der Waals surface area contributed by atoms with Crippen LogP contribution < -0.4 is 10.6 Å². The Morgan fingerprint density at radius 3 is 2.61 bits per heavy atom. The van der Waals surface area contributed by atoms with Crippen LogP contribution in [0.2, 0.25) is 10.0 Å². The third-order valence-corrected chi connectivity index (χ3v) is 4.40. The molecule has 2 atom stereocenters. The second-order valence-corrected chi connectivity index (χ2v) is 5.37. The van der Waals surface area contributed by atoms with Crippen molar-refractivity contribution in [1.82, 2.24) is 10.6 Å². The maximum atomic E-state index is 12.0. The van der Waals surface area contributed by atoms with Crippen molar-refractivity contribution >= 4 is 41.5 Å². The van der Waals surface area contributed by atoms with Gasteiger partial charge < -0.3 is 10.6 Å². The Bertz CT molecular complexity index is 470. The molecule has 1 amide bonds. The Balaban J connectivity index is 0.00000120. The summed E-state index contributed by atoms with van der Waals surface area (Å²) < 4.78 is 0. The Kier molecular flexibility index (Phi) is 4.07. The lowest BCUT2D eigenvalue weighted by molar-refractivity contribution is 0.0946. The van der Waals surface area contributed by atoms with Crippen LogP contribution in [-0.4, -0.2) is 25.0 Å². The summed E-state index contributed by atoms with van der Waals surface area (Å²) in [6, 6.07) is 5.41. The summed E-state index contributed by atoms with van der Waals surface area (Å²) in [5, 5.41) is 7.05. The number of hydrogen-bond donors (Lipinski definition) is 2. The highest BCUT2D eigenvalue weighted by molar-refractivity contribution is 6.43. The minimum Gasteiger partial charge on any atom is -0.349 e. The minimum absolute atomic E-state index is 0. The average molecular weight is 308 g/mol. The fraction of sp³-hybridized carbons (Fsp3) is 0.417. The van der Waals surface area contributed by atoms with Crippen LogP contribution in [0.4, 0.5) is 0 Å². The maximum Gasteiger partial charge on any atom is 0.253 e. The predicted molar refractivity (Wildman–Crippen MR) is 74.8 cm³/mol. The van der Waals surface area contributed by atoms with E-state index in [4.69, 9.17) is 23.2 Å². The molecule has 1 aromatic rings. The van der Waals surface area contributed by atoms with Gasteiger partial charge >= 0.3 is 0 Å². The molecule has 6 heteroatoms. The predicted octanol–water partition coefficient (Wildman–Crippen LogP) is 2.36. The van der Waals surface area contributed by atoms with Crippen molar-refractivity contribution in [3.63, 3.8) is 0 Å². The number of carbonyl (C=O) groups is 1. The molecule has 18 heavy (non-hydrogen) atoms. The van der Waals surface area contributed by atoms with Crippen molar-refractivity contribution in [2.75, 3.05) is 13.1 Å². The molecular weight excluding hydrogens is 295 g/mol. The number of halogens is 3. The number of carbonyl (C=O) groups excluding carboxylic acids is 1. The largest absolute Gasteiger partial charge is 0.349 e. The fourth-order valence-corrected chi connectivity index (χ4v) is 2.93. The van der Waals surface area contributed by atoms with Crippen molar-refractivity contribution in [2.24, 2.45) is 11.8 Å². The van der Waals surface area contributed by atoms with Crippen LogP contribution in [0.3, 0.4) is 0 Å². The number of piperidine rings is 1. The van der Waals surface area contributed by atoms with Gasteiger partial charge in [-0.05, 0) is 24.0 Å². The summed E-state index contributed by atoms with van der Waals surface area (Å²) in [7, 11) is 0. The van der Waals surface area contributed by atoms with E-state index >= 15 is 0 Å². The van der Waals surface area contributed by atoms with Gasteiger partial charge in [0.15, 0.2) is 0 Å². The summed E-state index contributed by atoms with van der Waals surface area (Å²) in [6.45, 7) is 2.00. The Hall–Kier alpha value is -0.480. The van der Waals surface area contributed by atoms with Gasteiger partial charge in [-0.3, -0.25) is 4.79 Å². The molecule has 1 saturated carbocycles. The van der Waals surface area contributed by atoms with Gasteiger partial charge in [-0.25, -0.2) is 0 Å². The van der Waals surface area contributed by atoms with Gasteiger partial charge in [0.05, 0.1) is 15.6 Å². The van der Waals surface area contributed by atoms with Crippen molar-refractivity contribution in [3.8, 4) is 0 Å². The van der Waals surface area contributed by atoms with Gasteiger partial charge in [0.25, 0.3) is 5.91 Å². The molecule has 1 aliphatic heterocycles. The highest BCUT2D eigenvalue weighted by atomic mass is 35.5. The third-order valence-electron chi connectivity index (χ3n) is 3.59. The number of rotatable bonds is 2. The zero-order valence-electron chi connectivity index (χ0n) is 9.45. The van der Waals surface area contributed by atoms with Gasteiger partial charge in [0.2, 0.25) is 0 Å². The number of benzene rings is 1. The third kappa shape index (κ3) is 2.32. The molecule has 3 rings (SSSR count).